The summed E-state index contributed by atoms with van der Waals surface area (Å²) < 4.78 is 11.0. The van der Waals surface area contributed by atoms with Crippen LogP contribution in [0.2, 0.25) is 0 Å². The van der Waals surface area contributed by atoms with Crippen LogP contribution in [0.25, 0.3) is 0 Å². The molecule has 96 valence electrons. The molecule has 3 heteroatoms. The van der Waals surface area contributed by atoms with Crippen molar-refractivity contribution in [2.24, 2.45) is 5.92 Å². The largest absolute Gasteiger partial charge is 0.493 e. The average molecular weight is 238 g/mol. The molecule has 0 fully saturated rings. The molecule has 17 heavy (non-hydrogen) atoms. The Balaban J connectivity index is 2.78. The molecule has 0 heterocycles. The minimum atomic E-state index is -0.493. The summed E-state index contributed by atoms with van der Waals surface area (Å²) in [5.74, 6) is 1.93. The first-order valence-electron chi connectivity index (χ1n) is 6.07. The predicted octanol–water partition coefficient (Wildman–Crippen LogP) is 3.17. The van der Waals surface area contributed by atoms with Gasteiger partial charge in [-0.2, -0.15) is 0 Å². The van der Waals surface area contributed by atoms with Crippen molar-refractivity contribution in [3.05, 3.63) is 23.8 Å². The summed E-state index contributed by atoms with van der Waals surface area (Å²) in [6.45, 7) is 6.70. The van der Waals surface area contributed by atoms with Crippen LogP contribution < -0.4 is 9.47 Å². The van der Waals surface area contributed by atoms with Crippen LogP contribution >= 0.6 is 0 Å². The van der Waals surface area contributed by atoms with Gasteiger partial charge in [0.1, 0.15) is 0 Å². The van der Waals surface area contributed by atoms with E-state index in [4.69, 9.17) is 9.47 Å². The predicted molar refractivity (Wildman–Crippen MR) is 68.6 cm³/mol. The van der Waals surface area contributed by atoms with Gasteiger partial charge in [0.25, 0.3) is 0 Å². The first kappa shape index (κ1) is 13.8. The summed E-state index contributed by atoms with van der Waals surface area (Å²) in [5.41, 5.74) is 0.831. The molecule has 2 atom stereocenters. The van der Waals surface area contributed by atoms with E-state index in [1.54, 1.807) is 14.0 Å². The quantitative estimate of drug-likeness (QED) is 0.827. The number of hydrogen-bond donors (Lipinski definition) is 1. The van der Waals surface area contributed by atoms with Crippen molar-refractivity contribution < 1.29 is 14.6 Å². The lowest BCUT2D eigenvalue weighted by molar-refractivity contribution is 0.198. The van der Waals surface area contributed by atoms with Crippen molar-refractivity contribution in [1.82, 2.24) is 0 Å². The van der Waals surface area contributed by atoms with E-state index in [1.807, 2.05) is 18.2 Å². The molecular weight excluding hydrogens is 216 g/mol. The zero-order chi connectivity index (χ0) is 12.8. The van der Waals surface area contributed by atoms with Crippen LogP contribution in [-0.4, -0.2) is 18.8 Å². The fourth-order valence-electron chi connectivity index (χ4n) is 1.41. The molecule has 1 N–H and O–H groups in total. The van der Waals surface area contributed by atoms with Gasteiger partial charge in [0, 0.05) is 0 Å². The summed E-state index contributed by atoms with van der Waals surface area (Å²) in [7, 11) is 1.61. The highest BCUT2D eigenvalue weighted by atomic mass is 16.5. The van der Waals surface area contributed by atoms with E-state index in [-0.39, 0.29) is 0 Å². The smallest absolute Gasteiger partial charge is 0.161 e. The third-order valence-electron chi connectivity index (χ3n) is 2.89. The molecule has 0 aliphatic carbocycles. The Labute approximate surface area is 103 Å². The zero-order valence-corrected chi connectivity index (χ0v) is 11.1. The molecule has 1 aromatic rings. The third-order valence-corrected chi connectivity index (χ3v) is 2.89. The number of benzene rings is 1. The molecule has 1 aromatic carbocycles. The topological polar surface area (TPSA) is 38.7 Å². The van der Waals surface area contributed by atoms with Crippen molar-refractivity contribution in [2.45, 2.75) is 33.3 Å². The van der Waals surface area contributed by atoms with E-state index >= 15 is 0 Å². The van der Waals surface area contributed by atoms with Gasteiger partial charge in [0.05, 0.1) is 19.8 Å². The second-order valence-electron chi connectivity index (χ2n) is 4.41. The number of aliphatic hydroxyl groups excluding tert-OH is 1. The lowest BCUT2D eigenvalue weighted by atomic mass is 10.1. The first-order valence-corrected chi connectivity index (χ1v) is 6.07. The summed E-state index contributed by atoms with van der Waals surface area (Å²) in [6.07, 6.45) is 0.598. The Hall–Kier alpha value is -1.22. The molecule has 0 aliphatic rings. The van der Waals surface area contributed by atoms with E-state index in [2.05, 4.69) is 13.8 Å². The van der Waals surface area contributed by atoms with Gasteiger partial charge < -0.3 is 14.6 Å². The fourth-order valence-corrected chi connectivity index (χ4v) is 1.41. The van der Waals surface area contributed by atoms with Gasteiger partial charge in [-0.05, 0) is 30.5 Å². The van der Waals surface area contributed by atoms with Gasteiger partial charge in [-0.15, -0.1) is 0 Å². The van der Waals surface area contributed by atoms with Gasteiger partial charge in [0.2, 0.25) is 0 Å². The molecular formula is C14H22O3. The van der Waals surface area contributed by atoms with Crippen LogP contribution in [-0.2, 0) is 0 Å². The highest BCUT2D eigenvalue weighted by molar-refractivity contribution is 5.43. The summed E-state index contributed by atoms with van der Waals surface area (Å²) in [4.78, 5) is 0. The maximum Gasteiger partial charge on any atom is 0.161 e. The molecule has 3 nitrogen and oxygen atoms in total. The highest BCUT2D eigenvalue weighted by Crippen LogP contribution is 2.30. The minimum Gasteiger partial charge on any atom is -0.493 e. The molecule has 0 spiro atoms. The summed E-state index contributed by atoms with van der Waals surface area (Å²) in [6, 6.07) is 5.53. The summed E-state index contributed by atoms with van der Waals surface area (Å²) >= 11 is 0. The van der Waals surface area contributed by atoms with E-state index in [1.165, 1.54) is 0 Å². The van der Waals surface area contributed by atoms with Crippen LogP contribution in [0.4, 0.5) is 0 Å². The van der Waals surface area contributed by atoms with Crippen LogP contribution in [0.15, 0.2) is 18.2 Å². The second-order valence-corrected chi connectivity index (χ2v) is 4.41. The fraction of sp³-hybridized carbons (Fsp3) is 0.571. The standard InChI is InChI=1S/C14H22O3/c1-5-10(2)9-17-13-7-6-12(11(3)15)8-14(13)16-4/h6-8,10-11,15H,5,9H2,1-4H3. The van der Waals surface area contributed by atoms with Crippen molar-refractivity contribution in [3.8, 4) is 11.5 Å². The van der Waals surface area contributed by atoms with Gasteiger partial charge in [0.15, 0.2) is 11.5 Å². The zero-order valence-electron chi connectivity index (χ0n) is 11.1. The molecule has 0 saturated carbocycles. The number of hydrogen-bond acceptors (Lipinski definition) is 3. The Bertz CT molecular complexity index is 347. The number of ether oxygens (including phenoxy) is 2. The van der Waals surface area contributed by atoms with E-state index in [0.29, 0.717) is 18.3 Å². The maximum atomic E-state index is 9.49. The van der Waals surface area contributed by atoms with Gasteiger partial charge >= 0.3 is 0 Å². The normalized spacial score (nSPS) is 14.2. The molecule has 0 bridgehead atoms. The van der Waals surface area contributed by atoms with E-state index in [9.17, 15) is 5.11 Å². The van der Waals surface area contributed by atoms with Crippen molar-refractivity contribution in [2.75, 3.05) is 13.7 Å². The lowest BCUT2D eigenvalue weighted by Crippen LogP contribution is -2.08. The Kier molecular flexibility index (Phi) is 5.29. The maximum absolute atomic E-state index is 9.49. The first-order chi connectivity index (χ1) is 8.08. The summed E-state index contributed by atoms with van der Waals surface area (Å²) in [5, 5.41) is 9.49. The molecule has 0 amide bonds. The van der Waals surface area contributed by atoms with Crippen molar-refractivity contribution >= 4 is 0 Å². The number of methoxy groups -OCH3 is 1. The lowest BCUT2D eigenvalue weighted by Gasteiger charge is -2.15. The molecule has 1 rings (SSSR count). The molecule has 0 saturated heterocycles. The molecule has 2 unspecified atom stereocenters. The van der Waals surface area contributed by atoms with Crippen LogP contribution in [0.3, 0.4) is 0 Å². The Morgan fingerprint density at radius 1 is 1.24 bits per heavy atom. The number of rotatable bonds is 6. The molecule has 0 aliphatic heterocycles. The van der Waals surface area contributed by atoms with Gasteiger partial charge in [-0.3, -0.25) is 0 Å². The van der Waals surface area contributed by atoms with E-state index < -0.39 is 6.10 Å². The molecule has 0 aromatic heterocycles. The van der Waals surface area contributed by atoms with E-state index in [0.717, 1.165) is 17.7 Å². The SMILES string of the molecule is CCC(C)COc1ccc(C(C)O)cc1OC. The van der Waals surface area contributed by atoms with Crippen LogP contribution in [0, 0.1) is 5.92 Å². The third kappa shape index (κ3) is 3.93. The van der Waals surface area contributed by atoms with Crippen LogP contribution in [0.5, 0.6) is 11.5 Å². The minimum absolute atomic E-state index is 0.493. The van der Waals surface area contributed by atoms with Crippen molar-refractivity contribution in [1.29, 1.82) is 0 Å². The number of aliphatic hydroxyl groups is 1. The van der Waals surface area contributed by atoms with Crippen LogP contribution in [0.1, 0.15) is 38.9 Å². The van der Waals surface area contributed by atoms with Gasteiger partial charge in [-0.25, -0.2) is 0 Å². The second kappa shape index (κ2) is 6.50. The molecule has 0 radical (unpaired) electrons. The Morgan fingerprint density at radius 2 is 1.94 bits per heavy atom. The average Bonchev–Trinajstić information content (AvgIpc) is 2.35. The van der Waals surface area contributed by atoms with Crippen molar-refractivity contribution in [3.63, 3.8) is 0 Å². The Morgan fingerprint density at radius 3 is 2.47 bits per heavy atom. The highest BCUT2D eigenvalue weighted by Gasteiger charge is 2.09. The van der Waals surface area contributed by atoms with Gasteiger partial charge in [-0.1, -0.05) is 26.3 Å². The monoisotopic (exact) mass is 238 g/mol.